The van der Waals surface area contributed by atoms with Gasteiger partial charge in [-0.3, -0.25) is 0 Å². The van der Waals surface area contributed by atoms with Crippen molar-refractivity contribution in [3.05, 3.63) is 11.9 Å². The lowest BCUT2D eigenvalue weighted by atomic mass is 10.5. The van der Waals surface area contributed by atoms with Gasteiger partial charge in [0.2, 0.25) is 0 Å². The van der Waals surface area contributed by atoms with Crippen molar-refractivity contribution in [3.8, 4) is 0 Å². The molecule has 0 aromatic rings. The summed E-state index contributed by atoms with van der Waals surface area (Å²) in [6.45, 7) is 0. The van der Waals surface area contributed by atoms with Gasteiger partial charge in [-0.05, 0) is 0 Å². The van der Waals surface area contributed by atoms with Crippen molar-refractivity contribution in [2.45, 2.75) is 12.9 Å². The van der Waals surface area contributed by atoms with Crippen LogP contribution in [0.25, 0.3) is 0 Å². The van der Waals surface area contributed by atoms with Crippen LogP contribution >= 0.6 is 0 Å². The van der Waals surface area contributed by atoms with Crippen LogP contribution in [0.1, 0.15) is 0 Å². The summed E-state index contributed by atoms with van der Waals surface area (Å²) in [4.78, 5) is 0. The monoisotopic (exact) mass is 146 g/mol. The zero-order chi connectivity index (χ0) is 7.44. The van der Waals surface area contributed by atoms with E-state index in [-0.39, 0.29) is 0 Å². The highest BCUT2D eigenvalue weighted by Crippen LogP contribution is 2.11. The van der Waals surface area contributed by atoms with Gasteiger partial charge in [-0.25, -0.2) is 22.0 Å². The summed E-state index contributed by atoms with van der Waals surface area (Å²) in [5.41, 5.74) is 0. The van der Waals surface area contributed by atoms with Gasteiger partial charge in [0.15, 0.2) is 5.83 Å². The van der Waals surface area contributed by atoms with E-state index in [4.69, 9.17) is 0 Å². The third-order valence-electron chi connectivity index (χ3n) is 0.494. The Bertz CT molecular complexity index is 106. The van der Waals surface area contributed by atoms with E-state index < -0.39 is 24.8 Å². The van der Waals surface area contributed by atoms with Gasteiger partial charge in [0.05, 0.1) is 0 Å². The Balaban J connectivity index is 3.84. The van der Waals surface area contributed by atoms with Crippen LogP contribution in [-0.4, -0.2) is 12.9 Å². The molecule has 0 aliphatic heterocycles. The van der Waals surface area contributed by atoms with E-state index in [0.717, 1.165) is 0 Å². The van der Waals surface area contributed by atoms with Crippen LogP contribution in [0.4, 0.5) is 22.0 Å². The Labute approximate surface area is 48.0 Å². The first-order valence-corrected chi connectivity index (χ1v) is 1.97. The molecule has 0 bridgehead atoms. The molecular weight excluding hydrogens is 143 g/mol. The molecule has 0 heterocycles. The minimum absolute atomic E-state index is 0.426. The SMILES string of the molecule is F/C(=C\C(F)F)C(F)F. The van der Waals surface area contributed by atoms with Gasteiger partial charge in [-0.2, -0.15) is 0 Å². The normalized spacial score (nSPS) is 13.4. The van der Waals surface area contributed by atoms with Crippen molar-refractivity contribution in [2.24, 2.45) is 0 Å². The highest BCUT2D eigenvalue weighted by atomic mass is 19.3. The lowest BCUT2D eigenvalue weighted by Gasteiger charge is -1.91. The molecular formula is C4H3F5. The molecule has 0 aromatic heterocycles. The molecule has 0 aliphatic carbocycles. The van der Waals surface area contributed by atoms with Crippen LogP contribution in [0.5, 0.6) is 0 Å². The Morgan fingerprint density at radius 3 is 1.67 bits per heavy atom. The summed E-state index contributed by atoms with van der Waals surface area (Å²) in [6.07, 6.45) is -7.01. The van der Waals surface area contributed by atoms with Crippen molar-refractivity contribution in [3.63, 3.8) is 0 Å². The van der Waals surface area contributed by atoms with Gasteiger partial charge in [-0.1, -0.05) is 0 Å². The average molecular weight is 146 g/mol. The summed E-state index contributed by atoms with van der Waals surface area (Å²) in [6, 6.07) is 0. The molecule has 0 atom stereocenters. The maximum absolute atomic E-state index is 11.4. The Hall–Kier alpha value is -0.610. The fourth-order valence-electron chi connectivity index (χ4n) is 0.193. The molecule has 0 aliphatic rings. The van der Waals surface area contributed by atoms with E-state index in [1.54, 1.807) is 0 Å². The number of hydrogen-bond acceptors (Lipinski definition) is 0. The highest BCUT2D eigenvalue weighted by molar-refractivity contribution is 4.95. The molecule has 9 heavy (non-hydrogen) atoms. The number of halogens is 5. The van der Waals surface area contributed by atoms with Crippen LogP contribution in [0, 0.1) is 0 Å². The summed E-state index contributed by atoms with van der Waals surface area (Å²) in [5.74, 6) is -2.08. The fraction of sp³-hybridized carbons (Fsp3) is 0.500. The van der Waals surface area contributed by atoms with Gasteiger partial charge >= 0.3 is 0 Å². The highest BCUT2D eigenvalue weighted by Gasteiger charge is 2.11. The average Bonchev–Trinajstić information content (AvgIpc) is 1.63. The Morgan fingerprint density at radius 1 is 1.11 bits per heavy atom. The molecule has 0 N–H and O–H groups in total. The first kappa shape index (κ1) is 8.39. The van der Waals surface area contributed by atoms with Gasteiger partial charge in [-0.15, -0.1) is 0 Å². The largest absolute Gasteiger partial charge is 0.289 e. The van der Waals surface area contributed by atoms with Crippen molar-refractivity contribution >= 4 is 0 Å². The third kappa shape index (κ3) is 3.93. The summed E-state index contributed by atoms with van der Waals surface area (Å²) in [5, 5.41) is 0. The van der Waals surface area contributed by atoms with Crippen LogP contribution in [0.15, 0.2) is 11.9 Å². The van der Waals surface area contributed by atoms with Crippen molar-refractivity contribution in [2.75, 3.05) is 0 Å². The Morgan fingerprint density at radius 2 is 1.56 bits per heavy atom. The maximum Gasteiger partial charge on any atom is 0.289 e. The standard InChI is InChI=1S/C4H3F5/c5-2(4(8)9)1-3(6)7/h1,3-4H/b2-1-. The molecule has 0 rings (SSSR count). The van der Waals surface area contributed by atoms with E-state index >= 15 is 0 Å². The van der Waals surface area contributed by atoms with Crippen LogP contribution in [-0.2, 0) is 0 Å². The second kappa shape index (κ2) is 3.42. The van der Waals surface area contributed by atoms with Gasteiger partial charge in [0, 0.05) is 6.08 Å². The van der Waals surface area contributed by atoms with Crippen LogP contribution < -0.4 is 0 Å². The predicted molar refractivity (Wildman–Crippen MR) is 21.2 cm³/mol. The van der Waals surface area contributed by atoms with E-state index in [1.165, 1.54) is 0 Å². The number of rotatable bonds is 2. The molecule has 0 saturated heterocycles. The molecule has 0 nitrogen and oxygen atoms in total. The molecule has 0 radical (unpaired) electrons. The summed E-state index contributed by atoms with van der Waals surface area (Å²) in [7, 11) is 0. The minimum Gasteiger partial charge on any atom is -0.206 e. The molecule has 0 fully saturated rings. The molecule has 54 valence electrons. The lowest BCUT2D eigenvalue weighted by molar-refractivity contribution is 0.146. The Kier molecular flexibility index (Phi) is 3.19. The third-order valence-corrected chi connectivity index (χ3v) is 0.494. The van der Waals surface area contributed by atoms with Crippen molar-refractivity contribution in [1.29, 1.82) is 0 Å². The second-order valence-corrected chi connectivity index (χ2v) is 1.19. The first-order chi connectivity index (χ1) is 4.04. The van der Waals surface area contributed by atoms with E-state index in [2.05, 4.69) is 0 Å². The second-order valence-electron chi connectivity index (χ2n) is 1.19. The molecule has 5 heteroatoms. The molecule has 0 aromatic carbocycles. The molecule has 0 spiro atoms. The zero-order valence-electron chi connectivity index (χ0n) is 4.12. The smallest absolute Gasteiger partial charge is 0.206 e. The van der Waals surface area contributed by atoms with Crippen molar-refractivity contribution in [1.82, 2.24) is 0 Å². The number of alkyl halides is 4. The van der Waals surface area contributed by atoms with E-state index in [0.29, 0.717) is 0 Å². The topological polar surface area (TPSA) is 0 Å². The van der Waals surface area contributed by atoms with E-state index in [9.17, 15) is 22.0 Å². The van der Waals surface area contributed by atoms with Crippen LogP contribution in [0.3, 0.4) is 0 Å². The van der Waals surface area contributed by atoms with E-state index in [1.807, 2.05) is 0 Å². The minimum atomic E-state index is -3.43. The zero-order valence-corrected chi connectivity index (χ0v) is 4.12. The first-order valence-electron chi connectivity index (χ1n) is 1.97. The summed E-state index contributed by atoms with van der Waals surface area (Å²) >= 11 is 0. The van der Waals surface area contributed by atoms with Gasteiger partial charge < -0.3 is 0 Å². The number of hydrogen-bond donors (Lipinski definition) is 0. The fourth-order valence-corrected chi connectivity index (χ4v) is 0.193. The summed E-state index contributed by atoms with van der Waals surface area (Å²) < 4.78 is 55.4. The van der Waals surface area contributed by atoms with Crippen LogP contribution in [0.2, 0.25) is 0 Å². The quantitative estimate of drug-likeness (QED) is 0.524. The molecule has 0 unspecified atom stereocenters. The molecule has 0 saturated carbocycles. The maximum atomic E-state index is 11.4. The lowest BCUT2D eigenvalue weighted by Crippen LogP contribution is -1.93. The van der Waals surface area contributed by atoms with Gasteiger partial charge in [0.25, 0.3) is 12.9 Å². The van der Waals surface area contributed by atoms with Crippen molar-refractivity contribution < 1.29 is 22.0 Å². The molecule has 0 amide bonds. The van der Waals surface area contributed by atoms with Gasteiger partial charge in [0.1, 0.15) is 0 Å². The predicted octanol–water partition coefficient (Wildman–Crippen LogP) is 2.37. The number of allylic oxidation sites excluding steroid dienone is 2.